The molecule has 0 aliphatic carbocycles. The quantitative estimate of drug-likeness (QED) is 0.441. The van der Waals surface area contributed by atoms with Crippen molar-refractivity contribution in [3.05, 3.63) is 71.5 Å². The molecular formula is C26H27N7O3. The Labute approximate surface area is 208 Å². The summed E-state index contributed by atoms with van der Waals surface area (Å²) in [5.74, 6) is 0.273. The van der Waals surface area contributed by atoms with Crippen LogP contribution in [0.3, 0.4) is 0 Å². The zero-order chi connectivity index (χ0) is 25.2. The molecule has 10 nitrogen and oxygen atoms in total. The van der Waals surface area contributed by atoms with Gasteiger partial charge in [-0.1, -0.05) is 24.3 Å². The number of rotatable bonds is 4. The van der Waals surface area contributed by atoms with Crippen molar-refractivity contribution in [1.82, 2.24) is 24.9 Å². The zero-order valence-electron chi connectivity index (χ0n) is 20.4. The Hall–Kier alpha value is -4.47. The first-order valence-electron chi connectivity index (χ1n) is 11.7. The minimum atomic E-state index is -0.449. The first-order chi connectivity index (χ1) is 17.5. The van der Waals surface area contributed by atoms with Gasteiger partial charge >= 0.3 is 12.0 Å². The minimum absolute atomic E-state index is 0.221. The lowest BCUT2D eigenvalue weighted by Crippen LogP contribution is -2.50. The molecule has 184 valence electrons. The van der Waals surface area contributed by atoms with Crippen molar-refractivity contribution in [1.29, 1.82) is 0 Å². The van der Waals surface area contributed by atoms with E-state index in [-0.39, 0.29) is 6.03 Å². The van der Waals surface area contributed by atoms with Crippen molar-refractivity contribution in [3.63, 3.8) is 0 Å². The molecule has 0 unspecified atom stereocenters. The number of amides is 2. The molecule has 1 N–H and O–H groups in total. The van der Waals surface area contributed by atoms with Crippen LogP contribution in [0.1, 0.15) is 21.7 Å². The number of fused-ring (bicyclic) bond motifs is 1. The van der Waals surface area contributed by atoms with E-state index in [1.54, 1.807) is 29.2 Å². The van der Waals surface area contributed by atoms with Crippen LogP contribution in [-0.2, 0) is 4.74 Å². The number of anilines is 2. The maximum Gasteiger partial charge on any atom is 0.337 e. The first kappa shape index (κ1) is 23.3. The number of aromatic nitrogens is 4. The van der Waals surface area contributed by atoms with Crippen molar-refractivity contribution >= 4 is 34.4 Å². The number of hydrogen-bond donors (Lipinski definition) is 1. The summed E-state index contributed by atoms with van der Waals surface area (Å²) in [4.78, 5) is 28.5. The van der Waals surface area contributed by atoms with Crippen LogP contribution in [0.25, 0.3) is 16.6 Å². The molecule has 36 heavy (non-hydrogen) atoms. The summed E-state index contributed by atoms with van der Waals surface area (Å²) in [7, 11) is 1.33. The van der Waals surface area contributed by atoms with E-state index in [1.807, 2.05) is 48.9 Å². The van der Waals surface area contributed by atoms with E-state index in [1.165, 1.54) is 7.11 Å². The Bertz CT molecular complexity index is 1430. The number of aryl methyl sites for hydroxylation is 2. The summed E-state index contributed by atoms with van der Waals surface area (Å²) >= 11 is 0. The molecule has 1 fully saturated rings. The van der Waals surface area contributed by atoms with Gasteiger partial charge in [-0.3, -0.25) is 0 Å². The second-order valence-corrected chi connectivity index (χ2v) is 8.64. The average Bonchev–Trinajstić information content (AvgIpc) is 3.27. The molecule has 0 radical (unpaired) electrons. The van der Waals surface area contributed by atoms with Gasteiger partial charge in [0.15, 0.2) is 5.82 Å². The topological polar surface area (TPSA) is 105 Å². The molecular weight excluding hydrogens is 458 g/mol. The summed E-state index contributed by atoms with van der Waals surface area (Å²) in [5, 5.41) is 17.7. The van der Waals surface area contributed by atoms with E-state index in [0.717, 1.165) is 33.8 Å². The number of hydrogen-bond acceptors (Lipinski definition) is 7. The third kappa shape index (κ3) is 4.33. The van der Waals surface area contributed by atoms with Crippen LogP contribution in [0.15, 0.2) is 54.6 Å². The number of esters is 1. The van der Waals surface area contributed by atoms with Crippen LogP contribution in [0.5, 0.6) is 0 Å². The number of urea groups is 1. The molecule has 4 aromatic rings. The van der Waals surface area contributed by atoms with Gasteiger partial charge in [0.2, 0.25) is 0 Å². The normalized spacial score (nSPS) is 13.6. The Morgan fingerprint density at radius 1 is 0.944 bits per heavy atom. The summed E-state index contributed by atoms with van der Waals surface area (Å²) in [5.41, 5.74) is 4.55. The summed E-state index contributed by atoms with van der Waals surface area (Å²) in [6.07, 6.45) is 0. The molecule has 2 aromatic carbocycles. The summed E-state index contributed by atoms with van der Waals surface area (Å²) in [6, 6.07) is 16.5. The average molecular weight is 486 g/mol. The summed E-state index contributed by atoms with van der Waals surface area (Å²) < 4.78 is 6.68. The van der Waals surface area contributed by atoms with E-state index >= 15 is 0 Å². The van der Waals surface area contributed by atoms with Crippen molar-refractivity contribution < 1.29 is 14.3 Å². The highest BCUT2D eigenvalue weighted by atomic mass is 16.5. The highest BCUT2D eigenvalue weighted by molar-refractivity contribution is 5.94. The molecule has 0 bridgehead atoms. The first-order valence-corrected chi connectivity index (χ1v) is 11.7. The third-order valence-electron chi connectivity index (χ3n) is 6.39. The number of methoxy groups -OCH3 is 1. The molecule has 1 aliphatic heterocycles. The SMILES string of the molecule is COC(=O)c1cccc(NC(=O)N2CCN(c3nnc(C)c4c(C)n(-c5ccccc5)nc34)CC2)c1. The Kier molecular flexibility index (Phi) is 6.24. The lowest BCUT2D eigenvalue weighted by molar-refractivity contribution is 0.0600. The molecule has 2 aromatic heterocycles. The fraction of sp³-hybridized carbons (Fsp3) is 0.269. The van der Waals surface area contributed by atoms with Crippen molar-refractivity contribution in [2.24, 2.45) is 0 Å². The van der Waals surface area contributed by atoms with Crippen molar-refractivity contribution in [3.8, 4) is 5.69 Å². The predicted octanol–water partition coefficient (Wildman–Crippen LogP) is 3.57. The zero-order valence-corrected chi connectivity index (χ0v) is 20.4. The van der Waals surface area contributed by atoms with Gasteiger partial charge in [0.05, 0.1) is 35.1 Å². The highest BCUT2D eigenvalue weighted by Gasteiger charge is 2.26. The number of piperazine rings is 1. The smallest absolute Gasteiger partial charge is 0.337 e. The fourth-order valence-electron chi connectivity index (χ4n) is 4.51. The number of carbonyl (C=O) groups excluding carboxylic acids is 2. The number of ether oxygens (including phenoxy) is 1. The molecule has 2 amide bonds. The van der Waals surface area contributed by atoms with Crippen LogP contribution >= 0.6 is 0 Å². The minimum Gasteiger partial charge on any atom is -0.465 e. The fourth-order valence-corrected chi connectivity index (χ4v) is 4.51. The molecule has 1 saturated heterocycles. The van der Waals surface area contributed by atoms with E-state index in [4.69, 9.17) is 9.84 Å². The number of para-hydroxylation sites is 1. The van der Waals surface area contributed by atoms with Gasteiger partial charge in [0.25, 0.3) is 0 Å². The van der Waals surface area contributed by atoms with Gasteiger partial charge in [0, 0.05) is 31.9 Å². The Balaban J connectivity index is 1.32. The van der Waals surface area contributed by atoms with E-state index in [0.29, 0.717) is 37.4 Å². The van der Waals surface area contributed by atoms with E-state index in [2.05, 4.69) is 20.4 Å². The van der Waals surface area contributed by atoms with Crippen LogP contribution in [0.4, 0.5) is 16.3 Å². The number of benzene rings is 2. The predicted molar refractivity (Wildman–Crippen MR) is 137 cm³/mol. The second-order valence-electron chi connectivity index (χ2n) is 8.64. The maximum absolute atomic E-state index is 12.9. The molecule has 5 rings (SSSR count). The molecule has 0 spiro atoms. The lowest BCUT2D eigenvalue weighted by atomic mass is 10.2. The second kappa shape index (κ2) is 9.65. The molecule has 0 atom stereocenters. The molecule has 1 aliphatic rings. The maximum atomic E-state index is 12.9. The van der Waals surface area contributed by atoms with Crippen molar-refractivity contribution in [2.75, 3.05) is 43.5 Å². The van der Waals surface area contributed by atoms with Gasteiger partial charge in [-0.05, 0) is 44.2 Å². The highest BCUT2D eigenvalue weighted by Crippen LogP contribution is 2.29. The monoisotopic (exact) mass is 485 g/mol. The van der Waals surface area contributed by atoms with Gasteiger partial charge in [-0.25, -0.2) is 14.3 Å². The number of nitrogens with zero attached hydrogens (tertiary/aromatic N) is 6. The Morgan fingerprint density at radius 2 is 1.69 bits per heavy atom. The van der Waals surface area contributed by atoms with Gasteiger partial charge < -0.3 is 19.9 Å². The van der Waals surface area contributed by atoms with E-state index < -0.39 is 5.97 Å². The molecule has 10 heteroatoms. The van der Waals surface area contributed by atoms with Crippen molar-refractivity contribution in [2.45, 2.75) is 13.8 Å². The van der Waals surface area contributed by atoms with Crippen LogP contribution in [0, 0.1) is 13.8 Å². The number of nitrogens with one attached hydrogen (secondary N) is 1. The molecule has 3 heterocycles. The third-order valence-corrected chi connectivity index (χ3v) is 6.39. The van der Waals surface area contributed by atoms with Gasteiger partial charge in [-0.15, -0.1) is 5.10 Å². The number of carbonyl (C=O) groups is 2. The van der Waals surface area contributed by atoms with Gasteiger partial charge in [-0.2, -0.15) is 10.2 Å². The standard InChI is InChI=1S/C26H27N7O3/c1-17-22-18(2)33(21-10-5-4-6-11-21)30-23(22)24(29-28-17)31-12-14-32(15-13-31)26(35)27-20-9-7-8-19(16-20)25(34)36-3/h4-11,16H,12-15H2,1-3H3,(H,27,35). The Morgan fingerprint density at radius 3 is 2.42 bits per heavy atom. The van der Waals surface area contributed by atoms with Gasteiger partial charge in [0.1, 0.15) is 5.52 Å². The van der Waals surface area contributed by atoms with Crippen LogP contribution < -0.4 is 10.2 Å². The largest absolute Gasteiger partial charge is 0.465 e. The van der Waals surface area contributed by atoms with Crippen LogP contribution in [-0.4, -0.2) is 70.2 Å². The summed E-state index contributed by atoms with van der Waals surface area (Å²) in [6.45, 7) is 6.20. The molecule has 0 saturated carbocycles. The lowest BCUT2D eigenvalue weighted by Gasteiger charge is -2.35. The van der Waals surface area contributed by atoms with Crippen LogP contribution in [0.2, 0.25) is 0 Å². The van der Waals surface area contributed by atoms with E-state index in [9.17, 15) is 9.59 Å².